The van der Waals surface area contributed by atoms with E-state index in [0.717, 1.165) is 21.8 Å². The molecule has 0 spiro atoms. The first kappa shape index (κ1) is 18.3. The molecular weight excluding hydrogens is 348 g/mol. The molecule has 0 aliphatic heterocycles. The first-order chi connectivity index (χ1) is 12.3. The Bertz CT molecular complexity index is 1030. The summed E-state index contributed by atoms with van der Waals surface area (Å²) in [4.78, 5) is 31.4. The van der Waals surface area contributed by atoms with Gasteiger partial charge in [0.25, 0.3) is 5.56 Å². The zero-order valence-electron chi connectivity index (χ0n) is 15.6. The molecule has 0 saturated heterocycles. The third kappa shape index (κ3) is 3.05. The largest absolute Gasteiger partial charge is 0.494 e. The monoisotopic (exact) mass is 370 g/mol. The Hall–Kier alpha value is -2.47. The molecule has 0 aliphatic rings. The molecular formula is C20H22N2O3S. The van der Waals surface area contributed by atoms with E-state index < -0.39 is 6.04 Å². The Morgan fingerprint density at radius 3 is 2.50 bits per heavy atom. The molecule has 0 N–H and O–H groups in total. The SMILES string of the molecule is CCOc1ccc(-c2c(C)sc3nc(C)n(C(C)C(C)=O)c(=O)c23)cc1. The van der Waals surface area contributed by atoms with Gasteiger partial charge in [0.1, 0.15) is 16.4 Å². The van der Waals surface area contributed by atoms with E-state index in [1.807, 2.05) is 38.1 Å². The van der Waals surface area contributed by atoms with Crippen LogP contribution in [0.4, 0.5) is 0 Å². The lowest BCUT2D eigenvalue weighted by atomic mass is 10.0. The molecule has 0 fully saturated rings. The standard InChI is InChI=1S/C20H22N2O3S/c1-6-25-16-9-7-15(8-10-16)17-13(4)26-19-18(17)20(24)22(14(5)21-19)11(2)12(3)23/h7-11H,6H2,1-5H3. The molecule has 26 heavy (non-hydrogen) atoms. The Morgan fingerprint density at radius 2 is 1.92 bits per heavy atom. The quantitative estimate of drug-likeness (QED) is 0.672. The number of Topliss-reactive ketones (excluding diaryl/α,β-unsaturated/α-hetero) is 1. The van der Waals surface area contributed by atoms with Gasteiger partial charge in [0, 0.05) is 10.4 Å². The van der Waals surface area contributed by atoms with Crippen molar-refractivity contribution in [2.45, 2.75) is 40.7 Å². The second kappa shape index (κ2) is 7.03. The third-order valence-electron chi connectivity index (χ3n) is 4.54. The van der Waals surface area contributed by atoms with Crippen LogP contribution in [0.5, 0.6) is 5.75 Å². The van der Waals surface area contributed by atoms with Gasteiger partial charge in [0.15, 0.2) is 5.78 Å². The number of benzene rings is 1. The second-order valence-corrected chi connectivity index (χ2v) is 7.49. The molecule has 1 aromatic carbocycles. The summed E-state index contributed by atoms with van der Waals surface area (Å²) < 4.78 is 6.99. The number of thiophene rings is 1. The molecule has 3 aromatic rings. The maximum atomic E-state index is 13.2. The Balaban J connectivity index is 2.26. The maximum absolute atomic E-state index is 13.2. The minimum atomic E-state index is -0.534. The van der Waals surface area contributed by atoms with Gasteiger partial charge < -0.3 is 4.74 Å². The van der Waals surface area contributed by atoms with Crippen LogP contribution in [0, 0.1) is 13.8 Å². The second-order valence-electron chi connectivity index (χ2n) is 6.29. The van der Waals surface area contributed by atoms with Crippen LogP contribution in [0.3, 0.4) is 0 Å². The molecule has 0 radical (unpaired) electrons. The number of carbonyl (C=O) groups is 1. The lowest BCUT2D eigenvalue weighted by Gasteiger charge is -2.15. The van der Waals surface area contributed by atoms with Crippen LogP contribution in [0.1, 0.15) is 37.5 Å². The fourth-order valence-electron chi connectivity index (χ4n) is 3.15. The molecule has 2 heterocycles. The zero-order valence-corrected chi connectivity index (χ0v) is 16.4. The molecule has 1 unspecified atom stereocenters. The lowest BCUT2D eigenvalue weighted by Crippen LogP contribution is -2.29. The van der Waals surface area contributed by atoms with Crippen molar-refractivity contribution in [3.63, 3.8) is 0 Å². The van der Waals surface area contributed by atoms with Crippen molar-refractivity contribution >= 4 is 27.3 Å². The van der Waals surface area contributed by atoms with E-state index in [-0.39, 0.29) is 11.3 Å². The Morgan fingerprint density at radius 1 is 1.27 bits per heavy atom. The van der Waals surface area contributed by atoms with Gasteiger partial charge in [0.05, 0.1) is 18.0 Å². The number of carbonyl (C=O) groups excluding carboxylic acids is 1. The van der Waals surface area contributed by atoms with Crippen LogP contribution in [0.25, 0.3) is 21.3 Å². The number of aromatic nitrogens is 2. The van der Waals surface area contributed by atoms with Crippen molar-refractivity contribution in [1.82, 2.24) is 9.55 Å². The van der Waals surface area contributed by atoms with E-state index in [1.54, 1.807) is 13.8 Å². The van der Waals surface area contributed by atoms with Gasteiger partial charge in [-0.2, -0.15) is 0 Å². The number of rotatable bonds is 5. The maximum Gasteiger partial charge on any atom is 0.263 e. The molecule has 3 rings (SSSR count). The van der Waals surface area contributed by atoms with Gasteiger partial charge in [-0.3, -0.25) is 14.2 Å². The fraction of sp³-hybridized carbons (Fsp3) is 0.350. The number of nitrogens with zero attached hydrogens (tertiary/aromatic N) is 2. The normalized spacial score (nSPS) is 12.3. The third-order valence-corrected chi connectivity index (χ3v) is 5.54. The zero-order chi connectivity index (χ0) is 19.0. The van der Waals surface area contributed by atoms with Crippen molar-refractivity contribution in [2.75, 3.05) is 6.61 Å². The predicted molar refractivity (Wildman–Crippen MR) is 105 cm³/mol. The van der Waals surface area contributed by atoms with Gasteiger partial charge in [0.2, 0.25) is 0 Å². The molecule has 0 bridgehead atoms. The van der Waals surface area contributed by atoms with Crippen LogP contribution in [0.2, 0.25) is 0 Å². The summed E-state index contributed by atoms with van der Waals surface area (Å²) in [7, 11) is 0. The van der Waals surface area contributed by atoms with Crippen molar-refractivity contribution in [3.05, 3.63) is 45.3 Å². The first-order valence-electron chi connectivity index (χ1n) is 8.61. The number of ketones is 1. The summed E-state index contributed by atoms with van der Waals surface area (Å²) in [5.41, 5.74) is 1.67. The molecule has 1 atom stereocenters. The van der Waals surface area contributed by atoms with Gasteiger partial charge in [-0.05, 0) is 52.3 Å². The summed E-state index contributed by atoms with van der Waals surface area (Å²) in [5.74, 6) is 1.29. The highest BCUT2D eigenvalue weighted by molar-refractivity contribution is 7.19. The summed E-state index contributed by atoms with van der Waals surface area (Å²) in [6.45, 7) is 9.54. The van der Waals surface area contributed by atoms with Crippen LogP contribution < -0.4 is 10.3 Å². The highest BCUT2D eigenvalue weighted by atomic mass is 32.1. The van der Waals surface area contributed by atoms with E-state index in [0.29, 0.717) is 22.6 Å². The van der Waals surface area contributed by atoms with Crippen LogP contribution >= 0.6 is 11.3 Å². The molecule has 136 valence electrons. The van der Waals surface area contributed by atoms with E-state index in [1.165, 1.54) is 22.8 Å². The molecule has 0 amide bonds. The molecule has 0 aliphatic carbocycles. The summed E-state index contributed by atoms with van der Waals surface area (Å²) in [5, 5.41) is 0.579. The van der Waals surface area contributed by atoms with Crippen molar-refractivity contribution in [3.8, 4) is 16.9 Å². The Labute approximate surface area is 156 Å². The summed E-state index contributed by atoms with van der Waals surface area (Å²) in [6.07, 6.45) is 0. The fourth-order valence-corrected chi connectivity index (χ4v) is 4.23. The Kier molecular flexibility index (Phi) is 4.96. The van der Waals surface area contributed by atoms with Crippen LogP contribution in [-0.4, -0.2) is 21.9 Å². The van der Waals surface area contributed by atoms with E-state index >= 15 is 0 Å². The van der Waals surface area contributed by atoms with Gasteiger partial charge in [-0.1, -0.05) is 12.1 Å². The number of fused-ring (bicyclic) bond motifs is 1. The van der Waals surface area contributed by atoms with Crippen molar-refractivity contribution in [2.24, 2.45) is 0 Å². The summed E-state index contributed by atoms with van der Waals surface area (Å²) in [6, 6.07) is 7.18. The molecule has 2 aromatic heterocycles. The minimum Gasteiger partial charge on any atom is -0.494 e. The minimum absolute atomic E-state index is 0.0640. The molecule has 6 heteroatoms. The van der Waals surface area contributed by atoms with E-state index in [4.69, 9.17) is 4.74 Å². The van der Waals surface area contributed by atoms with Crippen molar-refractivity contribution < 1.29 is 9.53 Å². The van der Waals surface area contributed by atoms with Gasteiger partial charge >= 0.3 is 0 Å². The predicted octanol–water partition coefficient (Wildman–Crippen LogP) is 4.29. The van der Waals surface area contributed by atoms with Crippen LogP contribution in [0.15, 0.2) is 29.1 Å². The summed E-state index contributed by atoms with van der Waals surface area (Å²) >= 11 is 1.50. The number of ether oxygens (including phenoxy) is 1. The first-order valence-corrected chi connectivity index (χ1v) is 9.42. The average molecular weight is 370 g/mol. The number of aryl methyl sites for hydroxylation is 2. The molecule has 0 saturated carbocycles. The van der Waals surface area contributed by atoms with Gasteiger partial charge in [-0.25, -0.2) is 4.98 Å². The number of hydrogen-bond donors (Lipinski definition) is 0. The topological polar surface area (TPSA) is 61.2 Å². The van der Waals surface area contributed by atoms with E-state index in [9.17, 15) is 9.59 Å². The highest BCUT2D eigenvalue weighted by Gasteiger charge is 2.22. The lowest BCUT2D eigenvalue weighted by molar-refractivity contribution is -0.119. The molecule has 5 nitrogen and oxygen atoms in total. The highest BCUT2D eigenvalue weighted by Crippen LogP contribution is 2.36. The average Bonchev–Trinajstić information content (AvgIpc) is 2.91. The number of hydrogen-bond acceptors (Lipinski definition) is 5. The van der Waals surface area contributed by atoms with Crippen molar-refractivity contribution in [1.29, 1.82) is 0 Å². The smallest absolute Gasteiger partial charge is 0.263 e. The van der Waals surface area contributed by atoms with E-state index in [2.05, 4.69) is 4.98 Å². The van der Waals surface area contributed by atoms with Crippen LogP contribution in [-0.2, 0) is 4.79 Å². The van der Waals surface area contributed by atoms with Gasteiger partial charge in [-0.15, -0.1) is 11.3 Å².